The molecule has 2 amide bonds. The van der Waals surface area contributed by atoms with Gasteiger partial charge in [-0.3, -0.25) is 13.9 Å². The number of carbonyl (C=O) groups is 2. The molecule has 0 aromatic heterocycles. The van der Waals surface area contributed by atoms with Crippen molar-refractivity contribution in [3.05, 3.63) is 64.7 Å². The molecule has 180 valence electrons. The number of halogens is 3. The predicted octanol–water partition coefficient (Wildman–Crippen LogP) is 3.33. The molecule has 0 saturated carbocycles. The number of rotatable bonds is 10. The van der Waals surface area contributed by atoms with Crippen LogP contribution in [0.25, 0.3) is 0 Å². The van der Waals surface area contributed by atoms with Gasteiger partial charge >= 0.3 is 0 Å². The first kappa shape index (κ1) is 26.5. The van der Waals surface area contributed by atoms with Gasteiger partial charge in [0.2, 0.25) is 21.8 Å². The summed E-state index contributed by atoms with van der Waals surface area (Å²) >= 11 is 6.23. The van der Waals surface area contributed by atoms with Gasteiger partial charge in [0.15, 0.2) is 11.6 Å². The van der Waals surface area contributed by atoms with Crippen molar-refractivity contribution in [2.24, 2.45) is 0 Å². The average molecular weight is 502 g/mol. The third-order valence-corrected chi connectivity index (χ3v) is 6.39. The average Bonchev–Trinajstić information content (AvgIpc) is 2.75. The molecule has 2 aromatic carbocycles. The van der Waals surface area contributed by atoms with Gasteiger partial charge in [-0.2, -0.15) is 0 Å². The minimum Gasteiger partial charge on any atom is -0.354 e. The van der Waals surface area contributed by atoms with Crippen molar-refractivity contribution < 1.29 is 26.8 Å². The molecular weight excluding hydrogens is 476 g/mol. The van der Waals surface area contributed by atoms with E-state index in [1.807, 2.05) is 6.92 Å². The molecule has 1 N–H and O–H groups in total. The molecule has 0 aliphatic rings. The topological polar surface area (TPSA) is 86.8 Å². The van der Waals surface area contributed by atoms with Crippen molar-refractivity contribution >= 4 is 39.1 Å². The Morgan fingerprint density at radius 1 is 1.12 bits per heavy atom. The highest BCUT2D eigenvalue weighted by Gasteiger charge is 2.30. The van der Waals surface area contributed by atoms with Crippen molar-refractivity contribution in [2.75, 3.05) is 23.7 Å². The van der Waals surface area contributed by atoms with Crippen LogP contribution in [0, 0.1) is 11.6 Å². The zero-order chi connectivity index (χ0) is 24.8. The van der Waals surface area contributed by atoms with E-state index in [4.69, 9.17) is 11.6 Å². The molecule has 0 bridgehead atoms. The van der Waals surface area contributed by atoms with Crippen LogP contribution in [0.2, 0.25) is 5.02 Å². The smallest absolute Gasteiger partial charge is 0.244 e. The van der Waals surface area contributed by atoms with Crippen LogP contribution < -0.4 is 9.62 Å². The number of anilines is 1. The second-order valence-electron chi connectivity index (χ2n) is 7.45. The van der Waals surface area contributed by atoms with E-state index >= 15 is 0 Å². The highest BCUT2D eigenvalue weighted by Crippen LogP contribution is 2.23. The maximum absolute atomic E-state index is 13.7. The summed E-state index contributed by atoms with van der Waals surface area (Å²) in [5.74, 6) is -3.55. The molecule has 0 radical (unpaired) electrons. The molecule has 0 saturated heterocycles. The Labute approximate surface area is 197 Å². The minimum atomic E-state index is -4.05. The molecule has 33 heavy (non-hydrogen) atoms. The Balaban J connectivity index is 2.40. The van der Waals surface area contributed by atoms with Crippen LogP contribution in [-0.4, -0.2) is 50.5 Å². The van der Waals surface area contributed by atoms with Gasteiger partial charge in [0.25, 0.3) is 0 Å². The lowest BCUT2D eigenvalue weighted by Gasteiger charge is -2.31. The van der Waals surface area contributed by atoms with Crippen LogP contribution in [0.1, 0.15) is 25.8 Å². The summed E-state index contributed by atoms with van der Waals surface area (Å²) in [6, 6.07) is 8.32. The molecule has 0 fully saturated rings. The third kappa shape index (κ3) is 7.13. The number of benzene rings is 2. The molecular formula is C22H26ClF2N3O4S. The van der Waals surface area contributed by atoms with Crippen molar-refractivity contribution in [1.29, 1.82) is 0 Å². The summed E-state index contributed by atoms with van der Waals surface area (Å²) in [5.41, 5.74) is 0.340. The van der Waals surface area contributed by atoms with E-state index in [2.05, 4.69) is 5.32 Å². The van der Waals surface area contributed by atoms with Crippen LogP contribution in [0.3, 0.4) is 0 Å². The number of hydrogen-bond acceptors (Lipinski definition) is 4. The molecule has 2 aromatic rings. The quantitative estimate of drug-likeness (QED) is 0.541. The number of sulfonamides is 1. The van der Waals surface area contributed by atoms with Crippen molar-refractivity contribution in [2.45, 2.75) is 32.9 Å². The maximum Gasteiger partial charge on any atom is 0.244 e. The Morgan fingerprint density at radius 2 is 1.79 bits per heavy atom. The summed E-state index contributed by atoms with van der Waals surface area (Å²) in [7, 11) is -4.05. The third-order valence-electron chi connectivity index (χ3n) is 4.89. The van der Waals surface area contributed by atoms with Gasteiger partial charge in [0, 0.05) is 24.2 Å². The zero-order valence-corrected chi connectivity index (χ0v) is 20.1. The molecule has 0 spiro atoms. The second-order valence-corrected chi connectivity index (χ2v) is 9.76. The number of nitrogens with one attached hydrogen (secondary N) is 1. The van der Waals surface area contributed by atoms with Gasteiger partial charge in [-0.05, 0) is 37.1 Å². The van der Waals surface area contributed by atoms with Crippen molar-refractivity contribution in [3.8, 4) is 0 Å². The SMILES string of the molecule is CCCNC(=O)C(C)N(Cc1ccccc1Cl)C(=O)CN(c1ccc(F)c(F)c1)S(C)(=O)=O. The van der Waals surface area contributed by atoms with Gasteiger partial charge < -0.3 is 10.2 Å². The van der Waals surface area contributed by atoms with Crippen LogP contribution in [0.4, 0.5) is 14.5 Å². The highest BCUT2D eigenvalue weighted by molar-refractivity contribution is 7.92. The van der Waals surface area contributed by atoms with E-state index in [0.29, 0.717) is 33.9 Å². The predicted molar refractivity (Wildman–Crippen MR) is 123 cm³/mol. The van der Waals surface area contributed by atoms with Gasteiger partial charge in [0.1, 0.15) is 12.6 Å². The van der Waals surface area contributed by atoms with Crippen molar-refractivity contribution in [3.63, 3.8) is 0 Å². The Bertz CT molecular complexity index is 1110. The molecule has 11 heteroatoms. The molecule has 0 heterocycles. The Morgan fingerprint density at radius 3 is 2.36 bits per heavy atom. The van der Waals surface area contributed by atoms with E-state index < -0.39 is 46.1 Å². The van der Waals surface area contributed by atoms with E-state index in [1.165, 1.54) is 11.8 Å². The lowest BCUT2D eigenvalue weighted by Crippen LogP contribution is -2.51. The monoisotopic (exact) mass is 501 g/mol. The number of amides is 2. The Hall–Kier alpha value is -2.72. The first-order valence-electron chi connectivity index (χ1n) is 10.2. The zero-order valence-electron chi connectivity index (χ0n) is 18.5. The van der Waals surface area contributed by atoms with E-state index in [0.717, 1.165) is 18.4 Å². The number of carbonyl (C=O) groups excluding carboxylic acids is 2. The Kier molecular flexibility index (Phi) is 9.18. The molecule has 7 nitrogen and oxygen atoms in total. The lowest BCUT2D eigenvalue weighted by molar-refractivity contribution is -0.139. The van der Waals surface area contributed by atoms with Crippen molar-refractivity contribution in [1.82, 2.24) is 10.2 Å². The summed E-state index contributed by atoms with van der Waals surface area (Å²) < 4.78 is 52.5. The normalized spacial score (nSPS) is 12.2. The van der Waals surface area contributed by atoms with Crippen LogP contribution in [0.5, 0.6) is 0 Å². The van der Waals surface area contributed by atoms with Gasteiger partial charge in [-0.1, -0.05) is 36.7 Å². The fourth-order valence-corrected chi connectivity index (χ4v) is 4.08. The largest absolute Gasteiger partial charge is 0.354 e. The van der Waals surface area contributed by atoms with Gasteiger partial charge in [0.05, 0.1) is 11.9 Å². The molecule has 2 rings (SSSR count). The first-order chi connectivity index (χ1) is 15.5. The molecule has 1 atom stereocenters. The first-order valence-corrected chi connectivity index (χ1v) is 12.4. The molecule has 0 aliphatic carbocycles. The van der Waals surface area contributed by atoms with Gasteiger partial charge in [-0.25, -0.2) is 17.2 Å². The van der Waals surface area contributed by atoms with Crippen LogP contribution in [-0.2, 0) is 26.2 Å². The molecule has 0 aliphatic heterocycles. The minimum absolute atomic E-state index is 0.0609. The lowest BCUT2D eigenvalue weighted by atomic mass is 10.1. The van der Waals surface area contributed by atoms with Crippen LogP contribution >= 0.6 is 11.6 Å². The fraction of sp³-hybridized carbons (Fsp3) is 0.364. The number of hydrogen-bond donors (Lipinski definition) is 1. The fourth-order valence-electron chi connectivity index (χ4n) is 3.04. The van der Waals surface area contributed by atoms with Crippen LogP contribution in [0.15, 0.2) is 42.5 Å². The summed E-state index contributed by atoms with van der Waals surface area (Å²) in [6.07, 6.45) is 1.53. The molecule has 1 unspecified atom stereocenters. The second kappa shape index (κ2) is 11.4. The van der Waals surface area contributed by atoms with E-state index in [9.17, 15) is 26.8 Å². The van der Waals surface area contributed by atoms with E-state index in [-0.39, 0.29) is 12.2 Å². The summed E-state index contributed by atoms with van der Waals surface area (Å²) in [5, 5.41) is 3.08. The number of nitrogens with zero attached hydrogens (tertiary/aromatic N) is 2. The van der Waals surface area contributed by atoms with Gasteiger partial charge in [-0.15, -0.1) is 0 Å². The highest BCUT2D eigenvalue weighted by atomic mass is 35.5. The summed E-state index contributed by atoms with van der Waals surface area (Å²) in [4.78, 5) is 27.1. The maximum atomic E-state index is 13.7. The summed E-state index contributed by atoms with van der Waals surface area (Å²) in [6.45, 7) is 3.02. The van der Waals surface area contributed by atoms with E-state index in [1.54, 1.807) is 24.3 Å². The standard InChI is InChI=1S/C22H26ClF2N3O4S/c1-4-11-26-22(30)15(2)27(13-16-7-5-6-8-18(16)23)21(29)14-28(33(3,31)32)17-9-10-19(24)20(25)12-17/h5-10,12,15H,4,11,13-14H2,1-3H3,(H,26,30).